The zero-order valence-electron chi connectivity index (χ0n) is 30.9. The molecule has 0 amide bonds. The number of para-hydroxylation sites is 3. The summed E-state index contributed by atoms with van der Waals surface area (Å²) in [5.74, 6) is 0.232. The van der Waals surface area contributed by atoms with Crippen molar-refractivity contribution in [1.29, 1.82) is 0 Å². The fraction of sp³-hybridized carbons (Fsp3) is 0. The summed E-state index contributed by atoms with van der Waals surface area (Å²) in [6, 6.07) is 61.0. The Morgan fingerprint density at radius 3 is 1.43 bits per heavy atom. The van der Waals surface area contributed by atoms with Crippen LogP contribution >= 0.6 is 0 Å². The lowest BCUT2D eigenvalue weighted by Gasteiger charge is -2.17. The summed E-state index contributed by atoms with van der Waals surface area (Å²) >= 11 is 0. The number of hydrogen-bond donors (Lipinski definition) is 0. The van der Waals surface area contributed by atoms with Crippen LogP contribution in [0, 0.1) is 11.6 Å². The van der Waals surface area contributed by atoms with Crippen LogP contribution in [-0.4, -0.2) is 24.1 Å². The van der Waals surface area contributed by atoms with Crippen LogP contribution < -0.4 is 0 Å². The summed E-state index contributed by atoms with van der Waals surface area (Å²) in [5.41, 5.74) is 9.12. The van der Waals surface area contributed by atoms with Gasteiger partial charge in [-0.1, -0.05) is 127 Å². The summed E-state index contributed by atoms with van der Waals surface area (Å²) in [5, 5.41) is 4.46. The van der Waals surface area contributed by atoms with Gasteiger partial charge in [-0.3, -0.25) is 0 Å². The molecule has 3 heterocycles. The van der Waals surface area contributed by atoms with Crippen LogP contribution in [0.3, 0.4) is 0 Å². The first-order valence-corrected chi connectivity index (χ1v) is 19.1. The Morgan fingerprint density at radius 2 is 0.845 bits per heavy atom. The van der Waals surface area contributed by atoms with Gasteiger partial charge in [0.2, 0.25) is 0 Å². The highest BCUT2D eigenvalue weighted by Crippen LogP contribution is 2.40. The summed E-state index contributed by atoms with van der Waals surface area (Å²) in [7, 11) is 0. The van der Waals surface area contributed by atoms with E-state index >= 15 is 4.39 Å². The van der Waals surface area contributed by atoms with Crippen LogP contribution in [0.2, 0.25) is 0 Å². The van der Waals surface area contributed by atoms with Gasteiger partial charge in [-0.25, -0.2) is 23.7 Å². The van der Waals surface area contributed by atoms with Crippen LogP contribution in [0.4, 0.5) is 8.78 Å². The molecular formula is C51H31F2N5. The average Bonchev–Trinajstić information content (AvgIpc) is 3.79. The minimum absolute atomic E-state index is 0.284. The molecule has 0 bridgehead atoms. The van der Waals surface area contributed by atoms with Crippen LogP contribution in [-0.2, 0) is 0 Å². The van der Waals surface area contributed by atoms with Crippen LogP contribution in [0.1, 0.15) is 0 Å². The lowest BCUT2D eigenvalue weighted by molar-refractivity contribution is 0.585. The van der Waals surface area contributed by atoms with E-state index in [-0.39, 0.29) is 5.56 Å². The summed E-state index contributed by atoms with van der Waals surface area (Å²) in [4.78, 5) is 15.2. The van der Waals surface area contributed by atoms with Crippen LogP contribution in [0.15, 0.2) is 188 Å². The zero-order chi connectivity index (χ0) is 38.7. The molecule has 0 N–H and O–H groups in total. The summed E-state index contributed by atoms with van der Waals surface area (Å²) in [6.07, 6.45) is 0. The maximum Gasteiger partial charge on any atom is 0.166 e. The normalized spacial score (nSPS) is 11.6. The minimum Gasteiger partial charge on any atom is -0.309 e. The van der Waals surface area contributed by atoms with Crippen molar-refractivity contribution in [3.05, 3.63) is 200 Å². The molecule has 3 aromatic heterocycles. The van der Waals surface area contributed by atoms with E-state index in [9.17, 15) is 4.39 Å². The van der Waals surface area contributed by atoms with Crippen LogP contribution in [0.5, 0.6) is 0 Å². The second-order valence-corrected chi connectivity index (χ2v) is 14.3. The summed E-state index contributed by atoms with van der Waals surface area (Å²) in [6.45, 7) is 0. The van der Waals surface area contributed by atoms with Crippen molar-refractivity contribution in [1.82, 2.24) is 24.1 Å². The number of aromatic nitrogens is 5. The predicted octanol–water partition coefficient (Wildman–Crippen LogP) is 13.0. The Bertz CT molecular complexity index is 3260. The van der Waals surface area contributed by atoms with Gasteiger partial charge in [-0.05, 0) is 60.2 Å². The van der Waals surface area contributed by atoms with Crippen molar-refractivity contribution in [3.63, 3.8) is 0 Å². The monoisotopic (exact) mass is 751 g/mol. The highest BCUT2D eigenvalue weighted by Gasteiger charge is 2.22. The lowest BCUT2D eigenvalue weighted by Crippen LogP contribution is -2.04. The third-order valence-corrected chi connectivity index (χ3v) is 10.9. The van der Waals surface area contributed by atoms with Crippen molar-refractivity contribution in [3.8, 4) is 56.7 Å². The van der Waals surface area contributed by atoms with Gasteiger partial charge in [0.25, 0.3) is 0 Å². The van der Waals surface area contributed by atoms with Crippen LogP contribution in [0.25, 0.3) is 100 Å². The molecule has 0 aliphatic rings. The van der Waals surface area contributed by atoms with E-state index in [4.69, 9.17) is 15.0 Å². The third-order valence-electron chi connectivity index (χ3n) is 10.9. The number of benzene rings is 8. The van der Waals surface area contributed by atoms with Gasteiger partial charge < -0.3 is 9.13 Å². The van der Waals surface area contributed by atoms with Crippen molar-refractivity contribution < 1.29 is 8.78 Å². The largest absolute Gasteiger partial charge is 0.309 e. The zero-order valence-corrected chi connectivity index (χ0v) is 30.9. The Labute approximate surface area is 331 Å². The van der Waals surface area contributed by atoms with Gasteiger partial charge in [-0.2, -0.15) is 0 Å². The molecule has 274 valence electrons. The molecule has 58 heavy (non-hydrogen) atoms. The van der Waals surface area contributed by atoms with Crippen molar-refractivity contribution >= 4 is 43.6 Å². The first-order chi connectivity index (χ1) is 28.6. The number of rotatable bonds is 6. The topological polar surface area (TPSA) is 48.5 Å². The highest BCUT2D eigenvalue weighted by molar-refractivity contribution is 6.12. The quantitative estimate of drug-likeness (QED) is 0.170. The van der Waals surface area contributed by atoms with E-state index in [1.165, 1.54) is 22.9 Å². The number of nitrogens with zero attached hydrogens (tertiary/aromatic N) is 5. The summed E-state index contributed by atoms with van der Waals surface area (Å²) < 4.78 is 34.4. The SMILES string of the molecule is Fc1ccc(-c2ccc(-c3nc(-c4ccccc4)nc(-c4ccccc4)n3)c(-n3c4ccccc4c4ccc(-n5c6ccccc6c6ccccc65)cc43)c2)c(F)c1. The van der Waals surface area contributed by atoms with Gasteiger partial charge in [0, 0.05) is 55.6 Å². The smallest absolute Gasteiger partial charge is 0.166 e. The molecule has 0 aliphatic heterocycles. The first kappa shape index (κ1) is 33.6. The average molecular weight is 752 g/mol. The molecule has 0 spiro atoms. The molecule has 0 unspecified atom stereocenters. The second-order valence-electron chi connectivity index (χ2n) is 14.3. The molecule has 0 aliphatic carbocycles. The van der Waals surface area contributed by atoms with Crippen molar-refractivity contribution in [2.75, 3.05) is 0 Å². The fourth-order valence-electron chi connectivity index (χ4n) is 8.28. The van der Waals surface area contributed by atoms with E-state index in [2.05, 4.69) is 88.0 Å². The number of halogens is 2. The predicted molar refractivity (Wildman–Crippen MR) is 230 cm³/mol. The van der Waals surface area contributed by atoms with E-state index in [0.29, 0.717) is 28.6 Å². The Morgan fingerprint density at radius 1 is 0.345 bits per heavy atom. The molecule has 11 aromatic rings. The maximum absolute atomic E-state index is 15.6. The molecule has 8 aromatic carbocycles. The molecule has 5 nitrogen and oxygen atoms in total. The van der Waals surface area contributed by atoms with E-state index in [0.717, 1.165) is 61.4 Å². The van der Waals surface area contributed by atoms with Gasteiger partial charge in [0.1, 0.15) is 11.6 Å². The molecule has 7 heteroatoms. The molecule has 0 radical (unpaired) electrons. The molecular weight excluding hydrogens is 721 g/mol. The Balaban J connectivity index is 1.23. The molecule has 11 rings (SSSR count). The second kappa shape index (κ2) is 13.5. The Hall–Kier alpha value is -7.77. The van der Waals surface area contributed by atoms with Crippen molar-refractivity contribution in [2.45, 2.75) is 0 Å². The lowest BCUT2D eigenvalue weighted by atomic mass is 10.0. The standard InChI is InChI=1S/C51H31F2N5/c52-35-24-27-37(43(53)30-35)34-23-26-42(51-55-49(32-13-3-1-4-14-32)54-50(56-51)33-15-5-2-6-16-33)47(29-34)58-46-22-12-9-19-40(46)41-28-25-36(31-48(41)58)57-44-20-10-7-17-38(44)39-18-8-11-21-45(39)57/h1-31H. The maximum atomic E-state index is 15.6. The first-order valence-electron chi connectivity index (χ1n) is 19.1. The van der Waals surface area contributed by atoms with E-state index in [1.807, 2.05) is 91.0 Å². The Kier molecular flexibility index (Phi) is 7.79. The van der Waals surface area contributed by atoms with Crippen molar-refractivity contribution in [2.24, 2.45) is 0 Å². The van der Waals surface area contributed by atoms with Gasteiger partial charge in [-0.15, -0.1) is 0 Å². The highest BCUT2D eigenvalue weighted by atomic mass is 19.1. The van der Waals surface area contributed by atoms with Gasteiger partial charge in [0.15, 0.2) is 17.5 Å². The van der Waals surface area contributed by atoms with E-state index in [1.54, 1.807) is 0 Å². The molecule has 0 saturated heterocycles. The van der Waals surface area contributed by atoms with Gasteiger partial charge >= 0.3 is 0 Å². The molecule has 0 atom stereocenters. The molecule has 0 fully saturated rings. The third kappa shape index (κ3) is 5.47. The van der Waals surface area contributed by atoms with Gasteiger partial charge in [0.05, 0.1) is 27.8 Å². The number of fused-ring (bicyclic) bond motifs is 6. The number of hydrogen-bond acceptors (Lipinski definition) is 3. The fourth-order valence-corrected chi connectivity index (χ4v) is 8.28. The van der Waals surface area contributed by atoms with E-state index < -0.39 is 11.6 Å². The molecule has 0 saturated carbocycles. The minimum atomic E-state index is -0.646.